The number of hydrogen-bond donors (Lipinski definition) is 1. The first-order chi connectivity index (χ1) is 9.44. The van der Waals surface area contributed by atoms with Crippen LogP contribution in [0.25, 0.3) is 0 Å². The Morgan fingerprint density at radius 3 is 2.85 bits per heavy atom. The minimum Gasteiger partial charge on any atom is -0.377 e. The van der Waals surface area contributed by atoms with Crippen LogP contribution in [0.4, 0.5) is 5.69 Å². The predicted molar refractivity (Wildman–Crippen MR) is 85.7 cm³/mol. The third-order valence-electron chi connectivity index (χ3n) is 3.99. The van der Waals surface area contributed by atoms with Crippen molar-refractivity contribution in [3.63, 3.8) is 0 Å². The van der Waals surface area contributed by atoms with Gasteiger partial charge in [0.1, 0.15) is 0 Å². The Hall–Kier alpha value is -0.770. The molecule has 0 bridgehead atoms. The van der Waals surface area contributed by atoms with E-state index in [4.69, 9.17) is 22.1 Å². The molecule has 1 heterocycles. The number of benzene rings is 1. The Morgan fingerprint density at radius 1 is 1.45 bits per heavy atom. The zero-order valence-electron chi connectivity index (χ0n) is 12.7. The zero-order chi connectivity index (χ0) is 14.8. The van der Waals surface area contributed by atoms with Gasteiger partial charge in [-0.15, -0.1) is 0 Å². The highest BCUT2D eigenvalue weighted by atomic mass is 35.5. The van der Waals surface area contributed by atoms with E-state index in [9.17, 15) is 0 Å². The Labute approximate surface area is 127 Å². The lowest BCUT2D eigenvalue weighted by atomic mass is 9.97. The van der Waals surface area contributed by atoms with Crippen LogP contribution in [0.3, 0.4) is 0 Å². The normalized spacial score (nSPS) is 19.9. The first kappa shape index (κ1) is 15.6. The molecule has 1 fully saturated rings. The molecule has 1 unspecified atom stereocenters. The van der Waals surface area contributed by atoms with Crippen LogP contribution in [0.2, 0.25) is 5.02 Å². The maximum atomic E-state index is 6.21. The van der Waals surface area contributed by atoms with Crippen molar-refractivity contribution in [1.29, 1.82) is 0 Å². The summed E-state index contributed by atoms with van der Waals surface area (Å²) in [6.07, 6.45) is 1.87. The van der Waals surface area contributed by atoms with E-state index in [1.54, 1.807) is 0 Å². The first-order valence-electron chi connectivity index (χ1n) is 7.33. The summed E-state index contributed by atoms with van der Waals surface area (Å²) in [5.41, 5.74) is 8.59. The Balaban J connectivity index is 2.35. The van der Waals surface area contributed by atoms with E-state index in [0.717, 1.165) is 37.6 Å². The van der Waals surface area contributed by atoms with Gasteiger partial charge in [-0.3, -0.25) is 0 Å². The lowest BCUT2D eigenvalue weighted by Gasteiger charge is -2.44. The molecule has 2 N–H and O–H groups in total. The Morgan fingerprint density at radius 2 is 2.20 bits per heavy atom. The molecule has 1 aliphatic rings. The van der Waals surface area contributed by atoms with E-state index in [1.165, 1.54) is 11.3 Å². The molecule has 2 rings (SSSR count). The van der Waals surface area contributed by atoms with Gasteiger partial charge in [-0.25, -0.2) is 0 Å². The predicted octanol–water partition coefficient (Wildman–Crippen LogP) is 3.24. The van der Waals surface area contributed by atoms with E-state index in [-0.39, 0.29) is 11.6 Å². The molecule has 112 valence electrons. The van der Waals surface area contributed by atoms with Crippen molar-refractivity contribution in [2.75, 3.05) is 24.7 Å². The molecule has 1 atom stereocenters. The number of morpholine rings is 1. The van der Waals surface area contributed by atoms with Crippen molar-refractivity contribution < 1.29 is 4.74 Å². The van der Waals surface area contributed by atoms with Gasteiger partial charge in [0.25, 0.3) is 0 Å². The van der Waals surface area contributed by atoms with Crippen molar-refractivity contribution >= 4 is 17.3 Å². The molecule has 0 aromatic heterocycles. The smallest absolute Gasteiger partial charge is 0.0694 e. The van der Waals surface area contributed by atoms with E-state index in [2.05, 4.69) is 37.8 Å². The van der Waals surface area contributed by atoms with E-state index >= 15 is 0 Å². The molecule has 1 saturated heterocycles. The standard InChI is InChI=1S/C16H25ClN2O/c1-4-14(18)9-12-5-6-13(17)10-15(12)19-7-8-20-11-16(19,2)3/h5-6,10,14H,4,7-9,11,18H2,1-3H3. The van der Waals surface area contributed by atoms with E-state index in [0.29, 0.717) is 0 Å². The molecule has 20 heavy (non-hydrogen) atoms. The van der Waals surface area contributed by atoms with Crippen LogP contribution in [0, 0.1) is 0 Å². The fourth-order valence-corrected chi connectivity index (χ4v) is 2.86. The molecule has 1 aromatic rings. The van der Waals surface area contributed by atoms with Gasteiger partial charge in [-0.2, -0.15) is 0 Å². The highest BCUT2D eigenvalue weighted by Gasteiger charge is 2.32. The highest BCUT2D eigenvalue weighted by Crippen LogP contribution is 2.32. The largest absolute Gasteiger partial charge is 0.377 e. The van der Waals surface area contributed by atoms with Crippen LogP contribution in [-0.4, -0.2) is 31.3 Å². The summed E-state index contributed by atoms with van der Waals surface area (Å²) in [4.78, 5) is 2.40. The summed E-state index contributed by atoms with van der Waals surface area (Å²) >= 11 is 6.21. The molecular formula is C16H25ClN2O. The van der Waals surface area contributed by atoms with Crippen molar-refractivity contribution in [1.82, 2.24) is 0 Å². The van der Waals surface area contributed by atoms with Gasteiger partial charge in [-0.05, 0) is 44.4 Å². The fraction of sp³-hybridized carbons (Fsp3) is 0.625. The summed E-state index contributed by atoms with van der Waals surface area (Å²) in [5, 5.41) is 0.774. The minimum atomic E-state index is -0.0198. The van der Waals surface area contributed by atoms with Crippen molar-refractivity contribution in [2.45, 2.75) is 45.2 Å². The molecule has 0 saturated carbocycles. The van der Waals surface area contributed by atoms with Gasteiger partial charge in [0.15, 0.2) is 0 Å². The third-order valence-corrected chi connectivity index (χ3v) is 4.22. The van der Waals surface area contributed by atoms with Crippen LogP contribution in [0.5, 0.6) is 0 Å². The van der Waals surface area contributed by atoms with Crippen LogP contribution >= 0.6 is 11.6 Å². The maximum Gasteiger partial charge on any atom is 0.0694 e. The monoisotopic (exact) mass is 296 g/mol. The van der Waals surface area contributed by atoms with Crippen LogP contribution in [0.15, 0.2) is 18.2 Å². The maximum absolute atomic E-state index is 6.21. The highest BCUT2D eigenvalue weighted by molar-refractivity contribution is 6.30. The number of anilines is 1. The number of rotatable bonds is 4. The van der Waals surface area contributed by atoms with Gasteiger partial charge in [0.2, 0.25) is 0 Å². The number of hydrogen-bond acceptors (Lipinski definition) is 3. The molecule has 4 heteroatoms. The second-order valence-corrected chi connectivity index (χ2v) is 6.60. The fourth-order valence-electron chi connectivity index (χ4n) is 2.69. The Kier molecular flexibility index (Phi) is 4.95. The molecule has 0 amide bonds. The number of nitrogens with zero attached hydrogens (tertiary/aromatic N) is 1. The lowest BCUT2D eigenvalue weighted by Crippen LogP contribution is -2.53. The average Bonchev–Trinajstić information content (AvgIpc) is 2.40. The summed E-state index contributed by atoms with van der Waals surface area (Å²) in [7, 11) is 0. The van der Waals surface area contributed by atoms with Crippen molar-refractivity contribution in [2.24, 2.45) is 5.73 Å². The molecule has 1 aliphatic heterocycles. The zero-order valence-corrected chi connectivity index (χ0v) is 13.4. The number of ether oxygens (including phenoxy) is 1. The van der Waals surface area contributed by atoms with Gasteiger partial charge < -0.3 is 15.4 Å². The molecule has 0 aliphatic carbocycles. The minimum absolute atomic E-state index is 0.0198. The summed E-state index contributed by atoms with van der Waals surface area (Å²) < 4.78 is 5.61. The quantitative estimate of drug-likeness (QED) is 0.927. The number of halogens is 1. The first-order valence-corrected chi connectivity index (χ1v) is 7.71. The Bertz CT molecular complexity index is 462. The molecule has 0 radical (unpaired) electrons. The van der Waals surface area contributed by atoms with Gasteiger partial charge in [0, 0.05) is 23.3 Å². The second kappa shape index (κ2) is 6.33. The topological polar surface area (TPSA) is 38.5 Å². The van der Waals surface area contributed by atoms with E-state index in [1.807, 2.05) is 6.07 Å². The average molecular weight is 297 g/mol. The van der Waals surface area contributed by atoms with Crippen molar-refractivity contribution in [3.05, 3.63) is 28.8 Å². The number of nitrogens with two attached hydrogens (primary N) is 1. The molecular weight excluding hydrogens is 272 g/mol. The molecule has 1 aromatic carbocycles. The molecule has 3 nitrogen and oxygen atoms in total. The summed E-state index contributed by atoms with van der Waals surface area (Å²) in [6, 6.07) is 6.32. The third kappa shape index (κ3) is 3.46. The van der Waals surface area contributed by atoms with Crippen LogP contribution in [0.1, 0.15) is 32.8 Å². The van der Waals surface area contributed by atoms with E-state index < -0.39 is 0 Å². The molecule has 0 spiro atoms. The summed E-state index contributed by atoms with van der Waals surface area (Å²) in [6.45, 7) is 8.92. The van der Waals surface area contributed by atoms with Crippen LogP contribution in [-0.2, 0) is 11.2 Å². The van der Waals surface area contributed by atoms with Gasteiger partial charge >= 0.3 is 0 Å². The van der Waals surface area contributed by atoms with Crippen LogP contribution < -0.4 is 10.6 Å². The van der Waals surface area contributed by atoms with Gasteiger partial charge in [0.05, 0.1) is 18.8 Å². The van der Waals surface area contributed by atoms with Crippen molar-refractivity contribution in [3.8, 4) is 0 Å². The lowest BCUT2D eigenvalue weighted by molar-refractivity contribution is 0.0643. The SMILES string of the molecule is CCC(N)Cc1ccc(Cl)cc1N1CCOCC1(C)C. The second-order valence-electron chi connectivity index (χ2n) is 6.16. The summed E-state index contributed by atoms with van der Waals surface area (Å²) in [5.74, 6) is 0. The van der Waals surface area contributed by atoms with Gasteiger partial charge in [-0.1, -0.05) is 24.6 Å².